The van der Waals surface area contributed by atoms with Crippen molar-refractivity contribution in [2.24, 2.45) is 5.73 Å². The van der Waals surface area contributed by atoms with Crippen molar-refractivity contribution in [1.82, 2.24) is 0 Å². The van der Waals surface area contributed by atoms with E-state index < -0.39 is 35.7 Å². The normalized spacial score (nSPS) is 13.9. The molecule has 0 radical (unpaired) electrons. The zero-order chi connectivity index (χ0) is 12.5. The van der Waals surface area contributed by atoms with E-state index in [0.717, 1.165) is 12.1 Å². The molecule has 0 aliphatic rings. The summed E-state index contributed by atoms with van der Waals surface area (Å²) in [6.07, 6.45) is 0. The average molecular weight is 300 g/mol. The number of alkyl halides is 2. The van der Waals surface area contributed by atoms with Gasteiger partial charge in [-0.2, -0.15) is 0 Å². The predicted molar refractivity (Wildman–Crippen MR) is 54.7 cm³/mol. The zero-order valence-corrected chi connectivity index (χ0v) is 9.51. The van der Waals surface area contributed by atoms with Crippen molar-refractivity contribution in [3.8, 4) is 5.75 Å². The molecule has 1 rings (SSSR count). The van der Waals surface area contributed by atoms with Gasteiger partial charge in [-0.25, -0.2) is 13.2 Å². The van der Waals surface area contributed by atoms with Gasteiger partial charge in [-0.15, -0.1) is 0 Å². The fraction of sp³-hybridized carbons (Fsp3) is 0.333. The van der Waals surface area contributed by atoms with Crippen LogP contribution in [0.3, 0.4) is 0 Å². The summed E-state index contributed by atoms with van der Waals surface area (Å²) in [6.45, 7) is -1.53. The molecule has 1 aromatic carbocycles. The third-order valence-corrected chi connectivity index (χ3v) is 2.73. The summed E-state index contributed by atoms with van der Waals surface area (Å²) < 4.78 is 39.4. The second-order valence-corrected chi connectivity index (χ2v) is 4.04. The topological polar surface area (TPSA) is 66.5 Å². The molecule has 1 atom stereocenters. The molecule has 0 heterocycles. The molecule has 0 aliphatic heterocycles. The first kappa shape index (κ1) is 13.3. The number of phenolic OH excluding ortho intramolecular Hbond substituents is 1. The molecule has 0 aromatic heterocycles. The summed E-state index contributed by atoms with van der Waals surface area (Å²) in [6, 6.07) is -0.0558. The molecule has 0 amide bonds. The van der Waals surface area contributed by atoms with E-state index in [1.807, 2.05) is 0 Å². The minimum Gasteiger partial charge on any atom is -0.506 e. The number of halogens is 4. The fourth-order valence-corrected chi connectivity index (χ4v) is 1.51. The van der Waals surface area contributed by atoms with Gasteiger partial charge >= 0.3 is 0 Å². The van der Waals surface area contributed by atoms with Crippen LogP contribution in [0.15, 0.2) is 16.6 Å². The van der Waals surface area contributed by atoms with Crippen LogP contribution in [-0.2, 0) is 0 Å². The van der Waals surface area contributed by atoms with E-state index in [1.54, 1.807) is 0 Å². The molecule has 0 saturated carbocycles. The lowest BCUT2D eigenvalue weighted by molar-refractivity contribution is -0.0723. The Labute approximate surface area is 97.8 Å². The number of nitrogens with two attached hydrogens (primary N) is 1. The maximum Gasteiger partial charge on any atom is 0.289 e. The lowest BCUT2D eigenvalue weighted by Crippen LogP contribution is -2.36. The smallest absolute Gasteiger partial charge is 0.289 e. The summed E-state index contributed by atoms with van der Waals surface area (Å²) >= 11 is 2.86. The Balaban J connectivity index is 3.28. The standard InChI is InChI=1S/C9H9BrF3NO2/c10-4-1-2-5(11)6(7(4)16)8(14)9(12,13)3-15/h1-2,8,15-16H,3,14H2/t8-/m0/s1. The molecule has 1 aromatic rings. The minimum atomic E-state index is -3.71. The highest BCUT2D eigenvalue weighted by Crippen LogP contribution is 2.38. The minimum absolute atomic E-state index is 0.0492. The van der Waals surface area contributed by atoms with Gasteiger partial charge in [0.2, 0.25) is 0 Å². The van der Waals surface area contributed by atoms with Crippen molar-refractivity contribution in [3.63, 3.8) is 0 Å². The van der Waals surface area contributed by atoms with Gasteiger partial charge in [-0.1, -0.05) is 0 Å². The Hall–Kier alpha value is -0.790. The van der Waals surface area contributed by atoms with Crippen molar-refractivity contribution < 1.29 is 23.4 Å². The number of aromatic hydroxyl groups is 1. The summed E-state index contributed by atoms with van der Waals surface area (Å²) in [5.74, 6) is -5.46. The van der Waals surface area contributed by atoms with Gasteiger partial charge in [-0.3, -0.25) is 0 Å². The maximum absolute atomic E-state index is 13.3. The molecule has 4 N–H and O–H groups in total. The van der Waals surface area contributed by atoms with Gasteiger partial charge in [0.1, 0.15) is 24.2 Å². The van der Waals surface area contributed by atoms with E-state index in [2.05, 4.69) is 15.9 Å². The van der Waals surface area contributed by atoms with Crippen molar-refractivity contribution in [2.75, 3.05) is 6.61 Å². The molecule has 0 aliphatic carbocycles. The third kappa shape index (κ3) is 2.31. The summed E-state index contributed by atoms with van der Waals surface area (Å²) in [4.78, 5) is 0. The van der Waals surface area contributed by atoms with E-state index in [1.165, 1.54) is 0 Å². The first-order valence-corrected chi connectivity index (χ1v) is 5.01. The van der Waals surface area contributed by atoms with Crippen LogP contribution in [0.1, 0.15) is 11.6 Å². The Morgan fingerprint density at radius 1 is 1.44 bits per heavy atom. The highest BCUT2D eigenvalue weighted by molar-refractivity contribution is 9.10. The van der Waals surface area contributed by atoms with Crippen LogP contribution < -0.4 is 5.73 Å². The van der Waals surface area contributed by atoms with E-state index in [9.17, 15) is 18.3 Å². The lowest BCUT2D eigenvalue weighted by Gasteiger charge is -2.23. The molecule has 0 saturated heterocycles. The number of rotatable bonds is 3. The van der Waals surface area contributed by atoms with Gasteiger partial charge in [0.05, 0.1) is 10.0 Å². The number of hydrogen-bond acceptors (Lipinski definition) is 3. The number of aliphatic hydroxyl groups excluding tert-OH is 1. The molecule has 7 heteroatoms. The van der Waals surface area contributed by atoms with Crippen LogP contribution in [0.4, 0.5) is 13.2 Å². The van der Waals surface area contributed by atoms with E-state index in [-0.39, 0.29) is 4.47 Å². The number of aliphatic hydroxyl groups is 1. The quantitative estimate of drug-likeness (QED) is 0.799. The van der Waals surface area contributed by atoms with Crippen molar-refractivity contribution in [2.45, 2.75) is 12.0 Å². The largest absolute Gasteiger partial charge is 0.506 e. The van der Waals surface area contributed by atoms with Crippen molar-refractivity contribution >= 4 is 15.9 Å². The highest BCUT2D eigenvalue weighted by atomic mass is 79.9. The molecule has 90 valence electrons. The molecule has 16 heavy (non-hydrogen) atoms. The van der Waals surface area contributed by atoms with Crippen LogP contribution in [0.2, 0.25) is 0 Å². The zero-order valence-electron chi connectivity index (χ0n) is 7.92. The highest BCUT2D eigenvalue weighted by Gasteiger charge is 2.40. The third-order valence-electron chi connectivity index (χ3n) is 2.09. The van der Waals surface area contributed by atoms with Crippen LogP contribution in [0.25, 0.3) is 0 Å². The fourth-order valence-electron chi connectivity index (χ4n) is 1.16. The molecular formula is C9H9BrF3NO2. The van der Waals surface area contributed by atoms with Crippen LogP contribution >= 0.6 is 15.9 Å². The van der Waals surface area contributed by atoms with Gasteiger partial charge < -0.3 is 15.9 Å². The van der Waals surface area contributed by atoms with Gasteiger partial charge in [0.25, 0.3) is 5.92 Å². The average Bonchev–Trinajstić information content (AvgIpc) is 2.24. The number of phenols is 1. The monoisotopic (exact) mass is 299 g/mol. The van der Waals surface area contributed by atoms with E-state index in [4.69, 9.17) is 10.8 Å². The SMILES string of the molecule is N[C@@H](c1c(F)ccc(Br)c1O)C(F)(F)CO. The van der Waals surface area contributed by atoms with Crippen molar-refractivity contribution in [1.29, 1.82) is 0 Å². The molecule has 0 bridgehead atoms. The Bertz CT molecular complexity index is 401. The van der Waals surface area contributed by atoms with E-state index >= 15 is 0 Å². The van der Waals surface area contributed by atoms with Gasteiger partial charge in [0.15, 0.2) is 0 Å². The summed E-state index contributed by atoms with van der Waals surface area (Å²) in [5, 5.41) is 17.9. The molecule has 0 spiro atoms. The maximum atomic E-state index is 13.3. The summed E-state index contributed by atoms with van der Waals surface area (Å²) in [5.41, 5.74) is 4.39. The van der Waals surface area contributed by atoms with Gasteiger partial charge in [0, 0.05) is 0 Å². The van der Waals surface area contributed by atoms with Crippen LogP contribution in [0, 0.1) is 5.82 Å². The Kier molecular flexibility index (Phi) is 3.82. The van der Waals surface area contributed by atoms with Gasteiger partial charge in [-0.05, 0) is 28.1 Å². The first-order valence-electron chi connectivity index (χ1n) is 4.22. The summed E-state index contributed by atoms with van der Waals surface area (Å²) in [7, 11) is 0. The van der Waals surface area contributed by atoms with Crippen LogP contribution in [0.5, 0.6) is 5.75 Å². The first-order chi connectivity index (χ1) is 7.31. The second kappa shape index (κ2) is 4.60. The van der Waals surface area contributed by atoms with Crippen LogP contribution in [-0.4, -0.2) is 22.7 Å². The van der Waals surface area contributed by atoms with E-state index in [0.29, 0.717) is 0 Å². The number of benzene rings is 1. The Morgan fingerprint density at radius 3 is 2.50 bits per heavy atom. The molecule has 3 nitrogen and oxygen atoms in total. The molecule has 0 unspecified atom stereocenters. The Morgan fingerprint density at radius 2 is 2.00 bits per heavy atom. The lowest BCUT2D eigenvalue weighted by atomic mass is 10.0. The number of hydrogen-bond donors (Lipinski definition) is 3. The predicted octanol–water partition coefficient (Wildman–Crippen LogP) is 1.92. The second-order valence-electron chi connectivity index (χ2n) is 3.19. The molecule has 0 fully saturated rings. The van der Waals surface area contributed by atoms with Crippen molar-refractivity contribution in [3.05, 3.63) is 28.0 Å². The molecular weight excluding hydrogens is 291 g/mol.